The number of phenolic OH excluding ortho intramolecular Hbond substituents is 2. The smallest absolute Gasteiger partial charge is 0.334 e. The van der Waals surface area contributed by atoms with Crippen molar-refractivity contribution in [2.45, 2.75) is 34.1 Å². The second-order valence-corrected chi connectivity index (χ2v) is 5.67. The van der Waals surface area contributed by atoms with Crippen LogP contribution in [0.1, 0.15) is 41.1 Å². The molecule has 7 nitrogen and oxygen atoms in total. The van der Waals surface area contributed by atoms with Gasteiger partial charge in [-0.1, -0.05) is 0 Å². The van der Waals surface area contributed by atoms with Gasteiger partial charge in [-0.25, -0.2) is 4.79 Å². The molecule has 1 aromatic heterocycles. The maximum atomic E-state index is 11.9. The van der Waals surface area contributed by atoms with Crippen molar-refractivity contribution in [2.24, 2.45) is 0 Å². The Morgan fingerprint density at radius 1 is 1.16 bits per heavy atom. The Bertz CT molecular complexity index is 887. The van der Waals surface area contributed by atoms with Crippen LogP contribution in [-0.4, -0.2) is 33.7 Å². The summed E-state index contributed by atoms with van der Waals surface area (Å²) in [5.74, 6) is -1.67. The monoisotopic (exact) mass is 348 g/mol. The molecule has 1 heterocycles. The van der Waals surface area contributed by atoms with E-state index in [9.17, 15) is 24.9 Å². The SMILES string of the molecule is CCOC(=O)/C=C(\O)Cc1oc2c(C(C)=O)c(O)c(C)c(O)c2c1C. The summed E-state index contributed by atoms with van der Waals surface area (Å²) in [5, 5.41) is 30.7. The van der Waals surface area contributed by atoms with E-state index in [0.29, 0.717) is 10.9 Å². The molecule has 0 atom stereocenters. The van der Waals surface area contributed by atoms with Crippen molar-refractivity contribution in [1.29, 1.82) is 0 Å². The number of aryl methyl sites for hydroxylation is 1. The van der Waals surface area contributed by atoms with Crippen LogP contribution in [0, 0.1) is 13.8 Å². The predicted octanol–water partition coefficient (Wildman–Crippen LogP) is 3.21. The molecule has 0 aliphatic rings. The number of rotatable bonds is 5. The Kier molecular flexibility index (Phi) is 5.06. The number of Topliss-reactive ketones (excluding diaryl/α,β-unsaturated/α-hetero) is 1. The molecule has 0 saturated heterocycles. The van der Waals surface area contributed by atoms with Crippen LogP contribution in [0.2, 0.25) is 0 Å². The maximum absolute atomic E-state index is 11.9. The lowest BCUT2D eigenvalue weighted by Crippen LogP contribution is -2.02. The maximum Gasteiger partial charge on any atom is 0.334 e. The first-order valence-corrected chi connectivity index (χ1v) is 7.72. The third-order valence-corrected chi connectivity index (χ3v) is 3.92. The molecule has 1 aromatic carbocycles. The van der Waals surface area contributed by atoms with Crippen LogP contribution in [0.25, 0.3) is 11.0 Å². The molecule has 25 heavy (non-hydrogen) atoms. The fourth-order valence-corrected chi connectivity index (χ4v) is 2.65. The molecule has 0 saturated carbocycles. The van der Waals surface area contributed by atoms with E-state index in [-0.39, 0.29) is 52.8 Å². The lowest BCUT2D eigenvalue weighted by Gasteiger charge is -2.08. The second kappa shape index (κ2) is 6.88. The number of phenols is 2. The second-order valence-electron chi connectivity index (χ2n) is 5.67. The molecule has 3 N–H and O–H groups in total. The molecule has 0 bridgehead atoms. The van der Waals surface area contributed by atoms with Crippen LogP contribution in [0.4, 0.5) is 0 Å². The number of allylic oxidation sites excluding steroid dienone is 1. The van der Waals surface area contributed by atoms with E-state index in [2.05, 4.69) is 0 Å². The van der Waals surface area contributed by atoms with E-state index in [1.165, 1.54) is 13.8 Å². The number of ketones is 1. The van der Waals surface area contributed by atoms with Gasteiger partial charge in [-0.2, -0.15) is 0 Å². The zero-order valence-corrected chi connectivity index (χ0v) is 14.5. The normalized spacial score (nSPS) is 11.8. The van der Waals surface area contributed by atoms with Gasteiger partial charge in [0, 0.05) is 11.1 Å². The van der Waals surface area contributed by atoms with Gasteiger partial charge in [-0.3, -0.25) is 4.79 Å². The average molecular weight is 348 g/mol. The van der Waals surface area contributed by atoms with E-state index in [4.69, 9.17) is 9.15 Å². The van der Waals surface area contributed by atoms with E-state index in [1.54, 1.807) is 13.8 Å². The first kappa shape index (κ1) is 18.4. The lowest BCUT2D eigenvalue weighted by atomic mass is 9.99. The average Bonchev–Trinajstić information content (AvgIpc) is 2.81. The number of aliphatic hydroxyl groups is 1. The summed E-state index contributed by atoms with van der Waals surface area (Å²) in [4.78, 5) is 23.3. The van der Waals surface area contributed by atoms with Gasteiger partial charge in [0.1, 0.15) is 28.6 Å². The summed E-state index contributed by atoms with van der Waals surface area (Å²) in [5.41, 5.74) is 0.680. The third kappa shape index (κ3) is 3.31. The molecule has 0 aliphatic carbocycles. The Balaban J connectivity index is 2.60. The minimum Gasteiger partial charge on any atom is -0.512 e. The molecule has 0 amide bonds. The molecule has 2 rings (SSSR count). The topological polar surface area (TPSA) is 117 Å². The number of esters is 1. The van der Waals surface area contributed by atoms with Crippen molar-refractivity contribution in [3.8, 4) is 11.5 Å². The molecular formula is C18H20O7. The molecule has 2 aromatic rings. The van der Waals surface area contributed by atoms with E-state index >= 15 is 0 Å². The first-order chi connectivity index (χ1) is 11.7. The zero-order valence-electron chi connectivity index (χ0n) is 14.5. The van der Waals surface area contributed by atoms with Crippen molar-refractivity contribution < 1.29 is 34.1 Å². The third-order valence-electron chi connectivity index (χ3n) is 3.92. The summed E-state index contributed by atoms with van der Waals surface area (Å²) < 4.78 is 10.3. The summed E-state index contributed by atoms with van der Waals surface area (Å²) in [6.45, 7) is 6.24. The number of hydrogen-bond acceptors (Lipinski definition) is 7. The zero-order chi connectivity index (χ0) is 18.9. The molecule has 0 spiro atoms. The van der Waals surface area contributed by atoms with E-state index in [1.807, 2.05) is 0 Å². The molecule has 0 unspecified atom stereocenters. The predicted molar refractivity (Wildman–Crippen MR) is 90.1 cm³/mol. The highest BCUT2D eigenvalue weighted by atomic mass is 16.5. The number of hydrogen-bond donors (Lipinski definition) is 3. The Hall–Kier alpha value is -2.96. The molecule has 0 aliphatic heterocycles. The fraction of sp³-hybridized carbons (Fsp3) is 0.333. The van der Waals surface area contributed by atoms with Gasteiger partial charge >= 0.3 is 5.97 Å². The van der Waals surface area contributed by atoms with Crippen LogP contribution in [-0.2, 0) is 16.0 Å². The highest BCUT2D eigenvalue weighted by Crippen LogP contribution is 2.43. The van der Waals surface area contributed by atoms with Crippen LogP contribution in [0.15, 0.2) is 16.3 Å². The summed E-state index contributed by atoms with van der Waals surface area (Å²) in [6.07, 6.45) is 0.806. The molecular weight excluding hydrogens is 328 g/mol. The Labute approximate surface area is 144 Å². The fourth-order valence-electron chi connectivity index (χ4n) is 2.65. The quantitative estimate of drug-likeness (QED) is 0.329. The van der Waals surface area contributed by atoms with Crippen LogP contribution >= 0.6 is 0 Å². The molecule has 0 radical (unpaired) electrons. The van der Waals surface area contributed by atoms with Gasteiger partial charge in [0.15, 0.2) is 11.4 Å². The standard InChI is InChI=1S/C18H20O7/c1-5-24-13(21)7-11(20)6-12-8(2)14-16(22)9(3)17(23)15(10(4)19)18(14)25-12/h7,20,22-23H,5-6H2,1-4H3/b11-7-. The number of fused-ring (bicyclic) bond motifs is 1. The van der Waals surface area contributed by atoms with Gasteiger partial charge in [0.25, 0.3) is 0 Å². The summed E-state index contributed by atoms with van der Waals surface area (Å²) in [7, 11) is 0. The summed E-state index contributed by atoms with van der Waals surface area (Å²) in [6, 6.07) is 0. The van der Waals surface area contributed by atoms with Gasteiger partial charge in [-0.15, -0.1) is 0 Å². The molecule has 134 valence electrons. The number of aliphatic hydroxyl groups excluding tert-OH is 1. The van der Waals surface area contributed by atoms with Crippen LogP contribution in [0.3, 0.4) is 0 Å². The first-order valence-electron chi connectivity index (χ1n) is 7.72. The minimum absolute atomic E-state index is 0.0338. The van der Waals surface area contributed by atoms with Gasteiger partial charge in [0.05, 0.1) is 24.5 Å². The largest absolute Gasteiger partial charge is 0.512 e. The number of carbonyl (C=O) groups excluding carboxylic acids is 2. The van der Waals surface area contributed by atoms with E-state index in [0.717, 1.165) is 6.08 Å². The number of ether oxygens (including phenoxy) is 1. The molecule has 0 fully saturated rings. The van der Waals surface area contributed by atoms with Gasteiger partial charge in [-0.05, 0) is 27.7 Å². The Morgan fingerprint density at radius 2 is 1.80 bits per heavy atom. The van der Waals surface area contributed by atoms with Crippen LogP contribution in [0.5, 0.6) is 11.5 Å². The van der Waals surface area contributed by atoms with Gasteiger partial charge in [0.2, 0.25) is 0 Å². The Morgan fingerprint density at radius 3 is 2.36 bits per heavy atom. The van der Waals surface area contributed by atoms with Gasteiger partial charge < -0.3 is 24.5 Å². The van der Waals surface area contributed by atoms with Crippen molar-refractivity contribution in [1.82, 2.24) is 0 Å². The van der Waals surface area contributed by atoms with Crippen molar-refractivity contribution >= 4 is 22.7 Å². The number of carbonyl (C=O) groups is 2. The minimum atomic E-state index is -0.686. The summed E-state index contributed by atoms with van der Waals surface area (Å²) >= 11 is 0. The highest BCUT2D eigenvalue weighted by molar-refractivity contribution is 6.10. The van der Waals surface area contributed by atoms with Crippen molar-refractivity contribution in [3.05, 3.63) is 34.3 Å². The number of aromatic hydroxyl groups is 2. The number of benzene rings is 1. The lowest BCUT2D eigenvalue weighted by molar-refractivity contribution is -0.137. The van der Waals surface area contributed by atoms with E-state index < -0.39 is 11.8 Å². The van der Waals surface area contributed by atoms with Crippen LogP contribution < -0.4 is 0 Å². The molecule has 7 heteroatoms. The van der Waals surface area contributed by atoms with Crippen molar-refractivity contribution in [3.63, 3.8) is 0 Å². The van der Waals surface area contributed by atoms with Crippen molar-refractivity contribution in [2.75, 3.05) is 6.61 Å². The number of furan rings is 1. The highest BCUT2D eigenvalue weighted by Gasteiger charge is 2.25.